The van der Waals surface area contributed by atoms with Crippen molar-refractivity contribution in [1.82, 2.24) is 10.2 Å². The monoisotopic (exact) mass is 392 g/mol. The Balaban J connectivity index is 1.60. The summed E-state index contributed by atoms with van der Waals surface area (Å²) in [6.45, 7) is 1.79. The van der Waals surface area contributed by atoms with Crippen LogP contribution in [0.15, 0.2) is 70.2 Å². The van der Waals surface area contributed by atoms with Gasteiger partial charge in [0.2, 0.25) is 0 Å². The molecule has 4 rings (SSSR count). The summed E-state index contributed by atoms with van der Waals surface area (Å²) in [7, 11) is 1.76. The third-order valence-corrected chi connectivity index (χ3v) is 4.76. The van der Waals surface area contributed by atoms with Crippen molar-refractivity contribution in [2.24, 2.45) is 4.99 Å². The molecule has 7 nitrogen and oxygen atoms in total. The molecule has 1 aliphatic rings. The first-order valence-corrected chi connectivity index (χ1v) is 8.93. The lowest BCUT2D eigenvalue weighted by atomic mass is 10.1. The van der Waals surface area contributed by atoms with E-state index >= 15 is 0 Å². The second-order valence-corrected chi connectivity index (χ2v) is 6.59. The SMILES string of the molecule is CC1C(=NC(=O)c2cc(-c3ccc(F)cc3)on2)C(=O)N(c2ccccc2)N1C. The van der Waals surface area contributed by atoms with E-state index in [1.54, 1.807) is 31.1 Å². The first-order valence-electron chi connectivity index (χ1n) is 8.93. The molecule has 0 aliphatic carbocycles. The lowest BCUT2D eigenvalue weighted by Gasteiger charge is -2.25. The number of amides is 2. The van der Waals surface area contributed by atoms with Crippen LogP contribution in [0, 0.1) is 5.82 Å². The van der Waals surface area contributed by atoms with Crippen LogP contribution in [-0.4, -0.2) is 40.8 Å². The van der Waals surface area contributed by atoms with Crippen LogP contribution in [0.5, 0.6) is 0 Å². The maximum atomic E-state index is 13.1. The molecule has 1 atom stereocenters. The average molecular weight is 392 g/mol. The van der Waals surface area contributed by atoms with E-state index in [1.165, 1.54) is 35.3 Å². The molecule has 1 unspecified atom stereocenters. The molecule has 1 aliphatic heterocycles. The Kier molecular flexibility index (Phi) is 4.77. The van der Waals surface area contributed by atoms with Gasteiger partial charge in [0.15, 0.2) is 11.5 Å². The first kappa shape index (κ1) is 18.7. The van der Waals surface area contributed by atoms with Crippen LogP contribution in [0.1, 0.15) is 17.4 Å². The van der Waals surface area contributed by atoms with Crippen molar-refractivity contribution in [3.63, 3.8) is 0 Å². The number of para-hydroxylation sites is 1. The van der Waals surface area contributed by atoms with E-state index in [4.69, 9.17) is 4.52 Å². The Morgan fingerprint density at radius 1 is 1.14 bits per heavy atom. The summed E-state index contributed by atoms with van der Waals surface area (Å²) in [6, 6.07) is 15.8. The van der Waals surface area contributed by atoms with Crippen molar-refractivity contribution in [3.8, 4) is 11.3 Å². The number of carbonyl (C=O) groups excluding carboxylic acids is 2. The van der Waals surface area contributed by atoms with Crippen molar-refractivity contribution < 1.29 is 18.5 Å². The number of halogens is 1. The highest BCUT2D eigenvalue weighted by atomic mass is 19.1. The molecule has 8 heteroatoms. The summed E-state index contributed by atoms with van der Waals surface area (Å²) in [4.78, 5) is 29.5. The zero-order valence-corrected chi connectivity index (χ0v) is 15.7. The largest absolute Gasteiger partial charge is 0.355 e. The van der Waals surface area contributed by atoms with Crippen LogP contribution >= 0.6 is 0 Å². The van der Waals surface area contributed by atoms with Crippen LogP contribution < -0.4 is 5.01 Å². The predicted octanol–water partition coefficient (Wildman–Crippen LogP) is 3.34. The van der Waals surface area contributed by atoms with Gasteiger partial charge in [-0.15, -0.1) is 0 Å². The van der Waals surface area contributed by atoms with Gasteiger partial charge in [-0.3, -0.25) is 9.59 Å². The highest BCUT2D eigenvalue weighted by molar-refractivity contribution is 6.48. The van der Waals surface area contributed by atoms with E-state index in [2.05, 4.69) is 10.1 Å². The summed E-state index contributed by atoms with van der Waals surface area (Å²) in [5.41, 5.74) is 1.35. The lowest BCUT2D eigenvalue weighted by molar-refractivity contribution is -0.113. The van der Waals surface area contributed by atoms with Crippen LogP contribution in [-0.2, 0) is 4.79 Å². The molecular formula is C21H17FN4O3. The molecule has 0 spiro atoms. The van der Waals surface area contributed by atoms with Gasteiger partial charge >= 0.3 is 0 Å². The van der Waals surface area contributed by atoms with Gasteiger partial charge in [0.05, 0.1) is 11.7 Å². The summed E-state index contributed by atoms with van der Waals surface area (Å²) in [6.07, 6.45) is 0. The van der Waals surface area contributed by atoms with Gasteiger partial charge in [-0.25, -0.2) is 19.4 Å². The molecule has 2 heterocycles. The molecule has 1 aromatic heterocycles. The highest BCUT2D eigenvalue weighted by Crippen LogP contribution is 2.25. The number of benzene rings is 2. The number of aliphatic imine (C=N–C) groups is 1. The molecule has 1 fully saturated rings. The summed E-state index contributed by atoms with van der Waals surface area (Å²) in [5.74, 6) is -1.12. The van der Waals surface area contributed by atoms with Crippen molar-refractivity contribution >= 4 is 23.2 Å². The Labute approximate surface area is 166 Å². The van der Waals surface area contributed by atoms with E-state index in [0.717, 1.165) is 0 Å². The minimum atomic E-state index is -0.680. The van der Waals surface area contributed by atoms with E-state index in [1.807, 2.05) is 18.2 Å². The minimum absolute atomic E-state index is 0.0300. The van der Waals surface area contributed by atoms with E-state index < -0.39 is 11.9 Å². The van der Waals surface area contributed by atoms with Gasteiger partial charge in [-0.2, -0.15) is 0 Å². The topological polar surface area (TPSA) is 79.0 Å². The lowest BCUT2D eigenvalue weighted by Crippen LogP contribution is -2.38. The summed E-state index contributed by atoms with van der Waals surface area (Å²) >= 11 is 0. The molecule has 0 saturated carbocycles. The van der Waals surface area contributed by atoms with Gasteiger partial charge in [-0.1, -0.05) is 23.4 Å². The maximum absolute atomic E-state index is 13.1. The zero-order chi connectivity index (χ0) is 20.5. The number of hydrogen-bond donors (Lipinski definition) is 0. The predicted molar refractivity (Wildman–Crippen MR) is 105 cm³/mol. The van der Waals surface area contributed by atoms with Crippen molar-refractivity contribution in [2.45, 2.75) is 13.0 Å². The fourth-order valence-electron chi connectivity index (χ4n) is 3.08. The smallest absolute Gasteiger partial charge is 0.299 e. The normalized spacial score (nSPS) is 18.6. The fourth-order valence-corrected chi connectivity index (χ4v) is 3.08. The molecule has 2 aromatic carbocycles. The van der Waals surface area contributed by atoms with Crippen LogP contribution in [0.2, 0.25) is 0 Å². The van der Waals surface area contributed by atoms with Crippen molar-refractivity contribution in [3.05, 3.63) is 72.2 Å². The second kappa shape index (κ2) is 7.40. The molecule has 0 bridgehead atoms. The second-order valence-electron chi connectivity index (χ2n) is 6.59. The number of nitrogens with zero attached hydrogens (tertiary/aromatic N) is 4. The highest BCUT2D eigenvalue weighted by Gasteiger charge is 2.40. The van der Waals surface area contributed by atoms with Crippen molar-refractivity contribution in [1.29, 1.82) is 0 Å². The number of anilines is 1. The third-order valence-electron chi connectivity index (χ3n) is 4.76. The van der Waals surface area contributed by atoms with Gasteiger partial charge in [-0.05, 0) is 43.3 Å². The minimum Gasteiger partial charge on any atom is -0.355 e. The van der Waals surface area contributed by atoms with Crippen LogP contribution in [0.3, 0.4) is 0 Å². The van der Waals surface area contributed by atoms with Gasteiger partial charge < -0.3 is 4.52 Å². The molecule has 1 saturated heterocycles. The van der Waals surface area contributed by atoms with Gasteiger partial charge in [0.1, 0.15) is 11.5 Å². The Morgan fingerprint density at radius 3 is 2.52 bits per heavy atom. The summed E-state index contributed by atoms with van der Waals surface area (Å²) in [5, 5.41) is 6.93. The zero-order valence-electron chi connectivity index (χ0n) is 15.7. The third kappa shape index (κ3) is 3.45. The number of hydrazine groups is 1. The Bertz CT molecular complexity index is 1090. The number of aromatic nitrogens is 1. The molecule has 3 aromatic rings. The fraction of sp³-hybridized carbons (Fsp3) is 0.143. The van der Waals surface area contributed by atoms with Gasteiger partial charge in [0, 0.05) is 18.7 Å². The van der Waals surface area contributed by atoms with Crippen LogP contribution in [0.4, 0.5) is 10.1 Å². The molecule has 146 valence electrons. The van der Waals surface area contributed by atoms with Crippen LogP contribution in [0.25, 0.3) is 11.3 Å². The van der Waals surface area contributed by atoms with E-state index in [9.17, 15) is 14.0 Å². The maximum Gasteiger partial charge on any atom is 0.299 e. The Morgan fingerprint density at radius 2 is 1.83 bits per heavy atom. The molecular weight excluding hydrogens is 375 g/mol. The summed E-state index contributed by atoms with van der Waals surface area (Å²) < 4.78 is 18.2. The molecule has 2 amide bonds. The van der Waals surface area contributed by atoms with E-state index in [-0.39, 0.29) is 23.1 Å². The van der Waals surface area contributed by atoms with Crippen molar-refractivity contribution in [2.75, 3.05) is 12.1 Å². The average Bonchev–Trinajstić information content (AvgIpc) is 3.29. The molecule has 0 radical (unpaired) electrons. The molecule has 0 N–H and O–H groups in total. The number of hydrogen-bond acceptors (Lipinski definition) is 5. The standard InChI is InChI=1S/C21H17FN4O3/c1-13-19(21(28)26(25(13)2)16-6-4-3-5-7-16)23-20(27)17-12-18(29-24-17)14-8-10-15(22)11-9-14/h3-13H,1-2H3. The van der Waals surface area contributed by atoms with Gasteiger partial charge in [0.25, 0.3) is 11.8 Å². The first-order chi connectivity index (χ1) is 14.0. The van der Waals surface area contributed by atoms with E-state index in [0.29, 0.717) is 17.0 Å². The quantitative estimate of drug-likeness (QED) is 0.683. The molecule has 29 heavy (non-hydrogen) atoms. The number of rotatable bonds is 3. The Hall–Kier alpha value is -3.65. The number of carbonyl (C=O) groups is 2.